The van der Waals surface area contributed by atoms with Gasteiger partial charge in [-0.2, -0.15) is 0 Å². The van der Waals surface area contributed by atoms with Crippen molar-refractivity contribution in [2.24, 2.45) is 0 Å². The molecule has 0 aromatic heterocycles. The molecule has 76 valence electrons. The Kier molecular flexibility index (Phi) is 4.92. The lowest BCUT2D eigenvalue weighted by molar-refractivity contribution is -0.136. The van der Waals surface area contributed by atoms with Gasteiger partial charge in [-0.05, 0) is 32.8 Å². The summed E-state index contributed by atoms with van der Waals surface area (Å²) in [5.74, 6) is -0.0106. The van der Waals surface area contributed by atoms with E-state index in [0.29, 0.717) is 12.2 Å². The third-order valence-corrected chi connectivity index (χ3v) is 1.90. The highest BCUT2D eigenvalue weighted by Crippen LogP contribution is 2.15. The lowest BCUT2D eigenvalue weighted by Gasteiger charge is -2.23. The lowest BCUT2D eigenvalue weighted by Crippen LogP contribution is -2.35. The zero-order valence-electron chi connectivity index (χ0n) is 9.14. The minimum absolute atomic E-state index is 0.0106. The maximum absolute atomic E-state index is 11.5. The number of carbonyl (C=O) groups is 1. The zero-order valence-corrected chi connectivity index (χ0v) is 9.14. The average molecular weight is 184 g/mol. The molecule has 0 N–H and O–H groups in total. The van der Waals surface area contributed by atoms with Crippen LogP contribution in [0, 0.1) is 0 Å². The minimum atomic E-state index is -0.707. The SMILES string of the molecule is C=C(C)C(=O)C(C)(C)OCCCC. The van der Waals surface area contributed by atoms with Crippen molar-refractivity contribution in [3.8, 4) is 0 Å². The molecular weight excluding hydrogens is 164 g/mol. The summed E-state index contributed by atoms with van der Waals surface area (Å²) < 4.78 is 5.48. The Bertz CT molecular complexity index is 192. The normalized spacial score (nSPS) is 11.4. The molecule has 2 nitrogen and oxygen atoms in total. The first kappa shape index (κ1) is 12.4. The Morgan fingerprint density at radius 3 is 2.38 bits per heavy atom. The molecule has 0 fully saturated rings. The van der Waals surface area contributed by atoms with E-state index in [1.165, 1.54) is 0 Å². The first-order chi connectivity index (χ1) is 5.91. The highest BCUT2D eigenvalue weighted by molar-refractivity contribution is 6.00. The van der Waals surface area contributed by atoms with Crippen molar-refractivity contribution in [2.75, 3.05) is 6.61 Å². The van der Waals surface area contributed by atoms with E-state index in [9.17, 15) is 4.79 Å². The predicted molar refractivity (Wildman–Crippen MR) is 54.8 cm³/mol. The first-order valence-corrected chi connectivity index (χ1v) is 4.76. The van der Waals surface area contributed by atoms with Gasteiger partial charge in [0.05, 0.1) is 0 Å². The Morgan fingerprint density at radius 2 is 2.00 bits per heavy atom. The Morgan fingerprint density at radius 1 is 1.46 bits per heavy atom. The van der Waals surface area contributed by atoms with Crippen LogP contribution in [0.5, 0.6) is 0 Å². The number of unbranched alkanes of at least 4 members (excludes halogenated alkanes) is 1. The molecule has 0 bridgehead atoms. The topological polar surface area (TPSA) is 26.3 Å². The number of carbonyl (C=O) groups excluding carboxylic acids is 1. The summed E-state index contributed by atoms with van der Waals surface area (Å²) in [6, 6.07) is 0. The van der Waals surface area contributed by atoms with Gasteiger partial charge in [0.15, 0.2) is 5.78 Å². The second-order valence-electron chi connectivity index (χ2n) is 3.82. The van der Waals surface area contributed by atoms with Gasteiger partial charge in [0, 0.05) is 6.61 Å². The summed E-state index contributed by atoms with van der Waals surface area (Å²) in [6.45, 7) is 11.7. The molecule has 0 amide bonds. The second kappa shape index (κ2) is 5.18. The van der Waals surface area contributed by atoms with Gasteiger partial charge in [-0.1, -0.05) is 19.9 Å². The maximum atomic E-state index is 11.5. The molecule has 13 heavy (non-hydrogen) atoms. The van der Waals surface area contributed by atoms with Gasteiger partial charge in [0.2, 0.25) is 0 Å². The fourth-order valence-corrected chi connectivity index (χ4v) is 1.05. The molecular formula is C11H20O2. The molecule has 0 heterocycles. The maximum Gasteiger partial charge on any atom is 0.189 e. The van der Waals surface area contributed by atoms with Crippen LogP contribution in [0.2, 0.25) is 0 Å². The van der Waals surface area contributed by atoms with Gasteiger partial charge in [-0.3, -0.25) is 4.79 Å². The van der Waals surface area contributed by atoms with Crippen LogP contribution >= 0.6 is 0 Å². The Hall–Kier alpha value is -0.630. The highest BCUT2D eigenvalue weighted by atomic mass is 16.5. The van der Waals surface area contributed by atoms with Gasteiger partial charge >= 0.3 is 0 Å². The van der Waals surface area contributed by atoms with Crippen LogP contribution in [0.15, 0.2) is 12.2 Å². The van der Waals surface area contributed by atoms with Crippen LogP contribution in [0.4, 0.5) is 0 Å². The summed E-state index contributed by atoms with van der Waals surface area (Å²) in [5, 5.41) is 0. The van der Waals surface area contributed by atoms with E-state index in [1.807, 2.05) is 0 Å². The molecule has 2 heteroatoms. The third-order valence-electron chi connectivity index (χ3n) is 1.90. The van der Waals surface area contributed by atoms with E-state index < -0.39 is 5.60 Å². The van der Waals surface area contributed by atoms with Crippen LogP contribution in [-0.4, -0.2) is 18.0 Å². The van der Waals surface area contributed by atoms with Crippen molar-refractivity contribution in [1.82, 2.24) is 0 Å². The molecule has 0 rings (SSSR count). The quantitative estimate of drug-likeness (QED) is 0.468. The smallest absolute Gasteiger partial charge is 0.189 e. The molecule has 0 spiro atoms. The van der Waals surface area contributed by atoms with Crippen LogP contribution in [0.3, 0.4) is 0 Å². The summed E-state index contributed by atoms with van der Waals surface area (Å²) in [6.07, 6.45) is 2.07. The molecule has 0 saturated carbocycles. The van der Waals surface area contributed by atoms with Crippen LogP contribution in [-0.2, 0) is 9.53 Å². The zero-order chi connectivity index (χ0) is 10.5. The summed E-state index contributed by atoms with van der Waals surface area (Å²) in [5.41, 5.74) is -0.150. The van der Waals surface area contributed by atoms with Crippen molar-refractivity contribution in [3.05, 3.63) is 12.2 Å². The summed E-state index contributed by atoms with van der Waals surface area (Å²) >= 11 is 0. The Labute approximate surface area is 81.0 Å². The van der Waals surface area contributed by atoms with Crippen molar-refractivity contribution >= 4 is 5.78 Å². The molecule has 0 saturated heterocycles. The van der Waals surface area contributed by atoms with Gasteiger partial charge < -0.3 is 4.74 Å². The first-order valence-electron chi connectivity index (χ1n) is 4.76. The summed E-state index contributed by atoms with van der Waals surface area (Å²) in [7, 11) is 0. The van der Waals surface area contributed by atoms with Crippen molar-refractivity contribution in [1.29, 1.82) is 0 Å². The summed E-state index contributed by atoms with van der Waals surface area (Å²) in [4.78, 5) is 11.5. The van der Waals surface area contributed by atoms with Crippen LogP contribution in [0.1, 0.15) is 40.5 Å². The molecule has 0 radical (unpaired) electrons. The number of Topliss-reactive ketones (excluding diaryl/α,β-unsaturated/α-hetero) is 1. The Balaban J connectivity index is 4.06. The molecule has 0 atom stereocenters. The van der Waals surface area contributed by atoms with Gasteiger partial charge in [-0.25, -0.2) is 0 Å². The average Bonchev–Trinajstić information content (AvgIpc) is 2.03. The standard InChI is InChI=1S/C11H20O2/c1-6-7-8-13-11(4,5)10(12)9(2)3/h2,6-8H2,1,3-5H3. The van der Waals surface area contributed by atoms with E-state index >= 15 is 0 Å². The van der Waals surface area contributed by atoms with E-state index in [0.717, 1.165) is 12.8 Å². The molecule has 0 aromatic carbocycles. The van der Waals surface area contributed by atoms with E-state index in [2.05, 4.69) is 13.5 Å². The van der Waals surface area contributed by atoms with E-state index in [-0.39, 0.29) is 5.78 Å². The van der Waals surface area contributed by atoms with Gasteiger partial charge in [0.25, 0.3) is 0 Å². The number of hydrogen-bond donors (Lipinski definition) is 0. The number of hydrogen-bond acceptors (Lipinski definition) is 2. The monoisotopic (exact) mass is 184 g/mol. The van der Waals surface area contributed by atoms with Crippen LogP contribution < -0.4 is 0 Å². The van der Waals surface area contributed by atoms with Crippen molar-refractivity contribution in [3.63, 3.8) is 0 Å². The molecule has 0 unspecified atom stereocenters. The predicted octanol–water partition coefficient (Wildman–Crippen LogP) is 2.73. The van der Waals surface area contributed by atoms with E-state index in [4.69, 9.17) is 4.74 Å². The fourth-order valence-electron chi connectivity index (χ4n) is 1.05. The molecule has 0 aliphatic carbocycles. The minimum Gasteiger partial charge on any atom is -0.367 e. The van der Waals surface area contributed by atoms with Gasteiger partial charge in [0.1, 0.15) is 5.60 Å². The lowest BCUT2D eigenvalue weighted by atomic mass is 9.98. The van der Waals surface area contributed by atoms with E-state index in [1.54, 1.807) is 20.8 Å². The number of ketones is 1. The highest BCUT2D eigenvalue weighted by Gasteiger charge is 2.28. The number of rotatable bonds is 6. The van der Waals surface area contributed by atoms with Crippen LogP contribution in [0.25, 0.3) is 0 Å². The molecule has 0 aliphatic rings. The second-order valence-corrected chi connectivity index (χ2v) is 3.82. The number of ether oxygens (including phenoxy) is 1. The largest absolute Gasteiger partial charge is 0.367 e. The fraction of sp³-hybridized carbons (Fsp3) is 0.727. The van der Waals surface area contributed by atoms with Crippen molar-refractivity contribution in [2.45, 2.75) is 46.1 Å². The third kappa shape index (κ3) is 4.23. The molecule has 0 aliphatic heterocycles. The van der Waals surface area contributed by atoms with Crippen molar-refractivity contribution < 1.29 is 9.53 Å². The van der Waals surface area contributed by atoms with Gasteiger partial charge in [-0.15, -0.1) is 0 Å². The molecule has 0 aromatic rings.